The molecule has 0 unspecified atom stereocenters. The highest BCUT2D eigenvalue weighted by Gasteiger charge is 2.24. The first-order valence-electron chi connectivity index (χ1n) is 5.95. The second kappa shape index (κ2) is 5.80. The molecule has 18 heavy (non-hydrogen) atoms. The lowest BCUT2D eigenvalue weighted by molar-refractivity contribution is -0.143. The molecule has 1 aliphatic heterocycles. The molecule has 1 N–H and O–H groups in total. The summed E-state index contributed by atoms with van der Waals surface area (Å²) in [5.74, 6) is -1.16. The molecule has 1 aliphatic rings. The Balaban J connectivity index is 1.91. The van der Waals surface area contributed by atoms with Gasteiger partial charge in [0.15, 0.2) is 0 Å². The van der Waals surface area contributed by atoms with Gasteiger partial charge in [0.2, 0.25) is 0 Å². The van der Waals surface area contributed by atoms with Gasteiger partial charge >= 0.3 is 5.97 Å². The summed E-state index contributed by atoms with van der Waals surface area (Å²) in [5.41, 5.74) is 1.04. The van der Waals surface area contributed by atoms with Crippen molar-refractivity contribution in [2.24, 2.45) is 5.92 Å². The van der Waals surface area contributed by atoms with Crippen LogP contribution < -0.4 is 0 Å². The SMILES string of the molecule is O=C(O)C1CCN(Cc2ccc(F)c(Br)c2)CC1. The number of halogens is 2. The number of benzene rings is 1. The van der Waals surface area contributed by atoms with Crippen LogP contribution in [0.4, 0.5) is 4.39 Å². The van der Waals surface area contributed by atoms with Gasteiger partial charge in [0.05, 0.1) is 10.4 Å². The topological polar surface area (TPSA) is 40.5 Å². The van der Waals surface area contributed by atoms with Crippen molar-refractivity contribution < 1.29 is 14.3 Å². The van der Waals surface area contributed by atoms with E-state index in [1.807, 2.05) is 0 Å². The molecule has 3 nitrogen and oxygen atoms in total. The van der Waals surface area contributed by atoms with Crippen molar-refractivity contribution in [2.45, 2.75) is 19.4 Å². The average Bonchev–Trinajstić information content (AvgIpc) is 2.34. The second-order valence-corrected chi connectivity index (χ2v) is 5.49. The van der Waals surface area contributed by atoms with Gasteiger partial charge in [-0.05, 0) is 59.6 Å². The number of carboxylic acid groups (broad SMARTS) is 1. The van der Waals surface area contributed by atoms with Crippen LogP contribution in [0.15, 0.2) is 22.7 Å². The van der Waals surface area contributed by atoms with E-state index in [4.69, 9.17) is 5.11 Å². The van der Waals surface area contributed by atoms with E-state index in [0.29, 0.717) is 17.3 Å². The standard InChI is InChI=1S/C13H15BrFNO2/c14-11-7-9(1-2-12(11)15)8-16-5-3-10(4-6-16)13(17)18/h1-2,7,10H,3-6,8H2,(H,17,18). The fourth-order valence-electron chi connectivity index (χ4n) is 2.23. The summed E-state index contributed by atoms with van der Waals surface area (Å²) in [6, 6.07) is 4.99. The maximum Gasteiger partial charge on any atom is 0.306 e. The highest BCUT2D eigenvalue weighted by atomic mass is 79.9. The molecule has 0 aliphatic carbocycles. The Morgan fingerprint density at radius 3 is 2.67 bits per heavy atom. The molecule has 0 aromatic heterocycles. The van der Waals surface area contributed by atoms with Crippen LogP contribution in [0, 0.1) is 11.7 Å². The summed E-state index contributed by atoms with van der Waals surface area (Å²) in [6.45, 7) is 2.31. The number of piperidine rings is 1. The minimum Gasteiger partial charge on any atom is -0.481 e. The zero-order valence-corrected chi connectivity index (χ0v) is 11.5. The molecule has 5 heteroatoms. The quantitative estimate of drug-likeness (QED) is 0.932. The van der Waals surface area contributed by atoms with E-state index in [1.165, 1.54) is 6.07 Å². The molecule has 0 atom stereocenters. The van der Waals surface area contributed by atoms with Crippen molar-refractivity contribution in [3.8, 4) is 0 Å². The molecule has 0 bridgehead atoms. The Bertz CT molecular complexity index is 445. The molecule has 1 aromatic carbocycles. The largest absolute Gasteiger partial charge is 0.481 e. The smallest absolute Gasteiger partial charge is 0.306 e. The number of hydrogen-bond acceptors (Lipinski definition) is 2. The summed E-state index contributed by atoms with van der Waals surface area (Å²) in [6.07, 6.45) is 1.38. The maximum atomic E-state index is 13.1. The molecule has 0 amide bonds. The number of nitrogens with zero attached hydrogens (tertiary/aromatic N) is 1. The first-order valence-corrected chi connectivity index (χ1v) is 6.74. The van der Waals surface area contributed by atoms with Gasteiger partial charge in [-0.15, -0.1) is 0 Å². The van der Waals surface area contributed by atoms with E-state index < -0.39 is 5.97 Å². The Morgan fingerprint density at radius 2 is 2.11 bits per heavy atom. The van der Waals surface area contributed by atoms with E-state index in [1.54, 1.807) is 12.1 Å². The number of rotatable bonds is 3. The van der Waals surface area contributed by atoms with Gasteiger partial charge in [-0.1, -0.05) is 6.07 Å². The van der Waals surface area contributed by atoms with Gasteiger partial charge in [0, 0.05) is 6.54 Å². The molecule has 2 rings (SSSR count). The Labute approximate surface area is 114 Å². The van der Waals surface area contributed by atoms with Gasteiger partial charge in [-0.25, -0.2) is 4.39 Å². The van der Waals surface area contributed by atoms with Crippen molar-refractivity contribution in [1.82, 2.24) is 4.90 Å². The molecular weight excluding hydrogens is 301 g/mol. The van der Waals surface area contributed by atoms with Crippen molar-refractivity contribution >= 4 is 21.9 Å². The van der Waals surface area contributed by atoms with Gasteiger partial charge in [0.1, 0.15) is 5.82 Å². The first kappa shape index (κ1) is 13.5. The molecule has 1 heterocycles. The van der Waals surface area contributed by atoms with Crippen LogP contribution in [0.1, 0.15) is 18.4 Å². The third-order valence-electron chi connectivity index (χ3n) is 3.33. The third kappa shape index (κ3) is 3.29. The monoisotopic (exact) mass is 315 g/mol. The summed E-state index contributed by atoms with van der Waals surface area (Å²) in [4.78, 5) is 13.0. The predicted octanol–water partition coefficient (Wildman–Crippen LogP) is 2.88. The number of likely N-dealkylation sites (tertiary alicyclic amines) is 1. The molecular formula is C13H15BrFNO2. The fourth-order valence-corrected chi connectivity index (χ4v) is 2.66. The Hall–Kier alpha value is -0.940. The number of carbonyl (C=O) groups is 1. The third-order valence-corrected chi connectivity index (χ3v) is 3.93. The zero-order chi connectivity index (χ0) is 13.1. The molecule has 1 aromatic rings. The van der Waals surface area contributed by atoms with Gasteiger partial charge < -0.3 is 5.11 Å². The molecule has 0 spiro atoms. The lowest BCUT2D eigenvalue weighted by atomic mass is 9.97. The van der Waals surface area contributed by atoms with Crippen LogP contribution >= 0.6 is 15.9 Å². The number of carboxylic acids is 1. The zero-order valence-electron chi connectivity index (χ0n) is 9.90. The van der Waals surface area contributed by atoms with Crippen molar-refractivity contribution in [3.05, 3.63) is 34.1 Å². The molecule has 1 fully saturated rings. The Kier molecular flexibility index (Phi) is 4.35. The number of aliphatic carboxylic acids is 1. The summed E-state index contributed by atoms with van der Waals surface area (Å²) in [5, 5.41) is 8.91. The molecule has 0 saturated carbocycles. The predicted molar refractivity (Wildman–Crippen MR) is 69.7 cm³/mol. The second-order valence-electron chi connectivity index (χ2n) is 4.64. The van der Waals surface area contributed by atoms with Crippen LogP contribution in [0.2, 0.25) is 0 Å². The van der Waals surface area contributed by atoms with Gasteiger partial charge in [0.25, 0.3) is 0 Å². The van der Waals surface area contributed by atoms with E-state index in [-0.39, 0.29) is 11.7 Å². The first-order chi connectivity index (χ1) is 8.56. The molecule has 1 saturated heterocycles. The van der Waals surface area contributed by atoms with E-state index in [0.717, 1.165) is 25.2 Å². The molecule has 0 radical (unpaired) electrons. The summed E-state index contributed by atoms with van der Waals surface area (Å²) < 4.78 is 13.6. The lowest BCUT2D eigenvalue weighted by Crippen LogP contribution is -2.35. The van der Waals surface area contributed by atoms with Crippen molar-refractivity contribution in [3.63, 3.8) is 0 Å². The Morgan fingerprint density at radius 1 is 1.44 bits per heavy atom. The van der Waals surface area contributed by atoms with Crippen LogP contribution in [-0.2, 0) is 11.3 Å². The minimum atomic E-state index is -0.695. The van der Waals surface area contributed by atoms with E-state index in [2.05, 4.69) is 20.8 Å². The van der Waals surface area contributed by atoms with Gasteiger partial charge in [-0.2, -0.15) is 0 Å². The van der Waals surface area contributed by atoms with Crippen LogP contribution in [-0.4, -0.2) is 29.1 Å². The van der Waals surface area contributed by atoms with Crippen molar-refractivity contribution in [2.75, 3.05) is 13.1 Å². The number of hydrogen-bond donors (Lipinski definition) is 1. The fraction of sp³-hybridized carbons (Fsp3) is 0.462. The summed E-state index contributed by atoms with van der Waals surface area (Å²) in [7, 11) is 0. The maximum absolute atomic E-state index is 13.1. The summed E-state index contributed by atoms with van der Waals surface area (Å²) >= 11 is 3.17. The van der Waals surface area contributed by atoms with Crippen LogP contribution in [0.5, 0.6) is 0 Å². The van der Waals surface area contributed by atoms with Crippen LogP contribution in [0.3, 0.4) is 0 Å². The van der Waals surface area contributed by atoms with Gasteiger partial charge in [-0.3, -0.25) is 9.69 Å². The highest BCUT2D eigenvalue weighted by molar-refractivity contribution is 9.10. The minimum absolute atomic E-state index is 0.207. The lowest BCUT2D eigenvalue weighted by Gasteiger charge is -2.30. The normalized spacial score (nSPS) is 17.9. The highest BCUT2D eigenvalue weighted by Crippen LogP contribution is 2.21. The van der Waals surface area contributed by atoms with Crippen LogP contribution in [0.25, 0.3) is 0 Å². The van der Waals surface area contributed by atoms with Crippen molar-refractivity contribution in [1.29, 1.82) is 0 Å². The average molecular weight is 316 g/mol. The van der Waals surface area contributed by atoms with E-state index >= 15 is 0 Å². The molecule has 98 valence electrons. The van der Waals surface area contributed by atoms with E-state index in [9.17, 15) is 9.18 Å².